The predicted octanol–water partition coefficient (Wildman–Crippen LogP) is 2.08. The second kappa shape index (κ2) is 6.43. The Morgan fingerprint density at radius 2 is 2.12 bits per heavy atom. The number of rotatable bonds is 4. The van der Waals surface area contributed by atoms with Crippen molar-refractivity contribution in [2.75, 3.05) is 18.0 Å². The number of nitrogens with zero attached hydrogens (tertiary/aromatic N) is 4. The largest absolute Gasteiger partial charge is 0.353 e. The summed E-state index contributed by atoms with van der Waals surface area (Å²) < 4.78 is 6.99. The number of aryl methyl sites for hydroxylation is 1. The van der Waals surface area contributed by atoms with Crippen LogP contribution < -0.4 is 10.2 Å². The maximum absolute atomic E-state index is 12.4. The van der Waals surface area contributed by atoms with E-state index in [1.807, 2.05) is 49.6 Å². The molecule has 1 aliphatic rings. The average Bonchev–Trinajstić information content (AvgIpc) is 3.35. The highest BCUT2D eigenvalue weighted by molar-refractivity contribution is 5.92. The van der Waals surface area contributed by atoms with Crippen LogP contribution in [-0.4, -0.2) is 40.0 Å². The van der Waals surface area contributed by atoms with Crippen LogP contribution in [0, 0.1) is 0 Å². The van der Waals surface area contributed by atoms with Gasteiger partial charge in [0.2, 0.25) is 5.76 Å². The summed E-state index contributed by atoms with van der Waals surface area (Å²) in [5.41, 5.74) is 1.58. The first-order chi connectivity index (χ1) is 12.2. The summed E-state index contributed by atoms with van der Waals surface area (Å²) in [7, 11) is 1.90. The SMILES string of the molecule is Cn1ccc(N2CC[C@H](NC(=O)c3cc(-c4ccccc4)no3)C2)n1. The first-order valence-corrected chi connectivity index (χ1v) is 8.26. The molecule has 0 radical (unpaired) electrons. The van der Waals surface area contributed by atoms with Crippen LogP contribution in [0.5, 0.6) is 0 Å². The summed E-state index contributed by atoms with van der Waals surface area (Å²) >= 11 is 0. The maximum atomic E-state index is 12.4. The standard InChI is InChI=1S/C18H19N5O2/c1-22-9-8-17(20-22)23-10-7-14(12-23)19-18(24)16-11-15(21-25-16)13-5-3-2-4-6-13/h2-6,8-9,11,14H,7,10,12H2,1H3,(H,19,24)/t14-/m0/s1. The van der Waals surface area contributed by atoms with E-state index in [0.717, 1.165) is 30.9 Å². The van der Waals surface area contributed by atoms with Crippen LogP contribution in [-0.2, 0) is 7.05 Å². The zero-order valence-electron chi connectivity index (χ0n) is 13.9. The van der Waals surface area contributed by atoms with Crippen LogP contribution in [0.4, 0.5) is 5.82 Å². The first kappa shape index (κ1) is 15.4. The lowest BCUT2D eigenvalue weighted by Crippen LogP contribution is -2.37. The lowest BCUT2D eigenvalue weighted by molar-refractivity contribution is 0.0903. The number of aromatic nitrogens is 3. The Morgan fingerprint density at radius 3 is 2.88 bits per heavy atom. The highest BCUT2D eigenvalue weighted by atomic mass is 16.5. The maximum Gasteiger partial charge on any atom is 0.290 e. The van der Waals surface area contributed by atoms with Crippen LogP contribution in [0.2, 0.25) is 0 Å². The Kier molecular flexibility index (Phi) is 3.97. The Labute approximate surface area is 145 Å². The molecule has 128 valence electrons. The van der Waals surface area contributed by atoms with E-state index < -0.39 is 0 Å². The van der Waals surface area contributed by atoms with Gasteiger partial charge in [0.25, 0.3) is 5.91 Å². The lowest BCUT2D eigenvalue weighted by Gasteiger charge is -2.15. The minimum atomic E-state index is -0.234. The number of carbonyl (C=O) groups excluding carboxylic acids is 1. The third-order valence-electron chi connectivity index (χ3n) is 4.35. The molecule has 0 spiro atoms. The van der Waals surface area contributed by atoms with E-state index in [4.69, 9.17) is 4.52 Å². The van der Waals surface area contributed by atoms with Crippen molar-refractivity contribution in [1.29, 1.82) is 0 Å². The molecular formula is C18H19N5O2. The molecule has 1 aromatic carbocycles. The van der Waals surface area contributed by atoms with Crippen molar-refractivity contribution < 1.29 is 9.32 Å². The highest BCUT2D eigenvalue weighted by Crippen LogP contribution is 2.20. The van der Waals surface area contributed by atoms with Crippen LogP contribution in [0.15, 0.2) is 53.2 Å². The molecule has 4 rings (SSSR count). The smallest absolute Gasteiger partial charge is 0.290 e. The summed E-state index contributed by atoms with van der Waals surface area (Å²) in [4.78, 5) is 14.6. The minimum Gasteiger partial charge on any atom is -0.353 e. The van der Waals surface area contributed by atoms with E-state index in [0.29, 0.717) is 5.69 Å². The van der Waals surface area contributed by atoms with Crippen LogP contribution in [0.1, 0.15) is 17.0 Å². The monoisotopic (exact) mass is 337 g/mol. The molecule has 0 aliphatic carbocycles. The van der Waals surface area contributed by atoms with E-state index in [-0.39, 0.29) is 17.7 Å². The van der Waals surface area contributed by atoms with Gasteiger partial charge in [-0.05, 0) is 6.42 Å². The number of hydrogen-bond acceptors (Lipinski definition) is 5. The molecule has 7 heteroatoms. The summed E-state index contributed by atoms with van der Waals surface area (Å²) in [5, 5.41) is 11.4. The average molecular weight is 337 g/mol. The number of nitrogens with one attached hydrogen (secondary N) is 1. The van der Waals surface area contributed by atoms with Crippen molar-refractivity contribution in [2.24, 2.45) is 7.05 Å². The van der Waals surface area contributed by atoms with Gasteiger partial charge in [-0.3, -0.25) is 9.48 Å². The van der Waals surface area contributed by atoms with Crippen molar-refractivity contribution in [3.8, 4) is 11.3 Å². The van der Waals surface area contributed by atoms with E-state index >= 15 is 0 Å². The fourth-order valence-electron chi connectivity index (χ4n) is 3.04. The molecule has 0 saturated carbocycles. The fraction of sp³-hybridized carbons (Fsp3) is 0.278. The van der Waals surface area contributed by atoms with E-state index in [1.54, 1.807) is 10.7 Å². The van der Waals surface area contributed by atoms with Gasteiger partial charge in [-0.15, -0.1) is 0 Å². The molecule has 3 heterocycles. The second-order valence-electron chi connectivity index (χ2n) is 6.20. The van der Waals surface area contributed by atoms with Crippen molar-refractivity contribution >= 4 is 11.7 Å². The van der Waals surface area contributed by atoms with E-state index in [1.165, 1.54) is 0 Å². The summed E-state index contributed by atoms with van der Waals surface area (Å²) in [6.45, 7) is 1.61. The molecule has 0 unspecified atom stereocenters. The van der Waals surface area contributed by atoms with Gasteiger partial charge in [-0.2, -0.15) is 5.10 Å². The summed E-state index contributed by atoms with van der Waals surface area (Å²) in [5.74, 6) is 0.933. The third-order valence-corrected chi connectivity index (χ3v) is 4.35. The van der Waals surface area contributed by atoms with Gasteiger partial charge < -0.3 is 14.7 Å². The third kappa shape index (κ3) is 3.26. The van der Waals surface area contributed by atoms with Gasteiger partial charge in [0, 0.05) is 50.1 Å². The Morgan fingerprint density at radius 1 is 1.28 bits per heavy atom. The quantitative estimate of drug-likeness (QED) is 0.789. The predicted molar refractivity (Wildman–Crippen MR) is 93.2 cm³/mol. The normalized spacial score (nSPS) is 17.0. The Bertz CT molecular complexity index is 870. The number of hydrogen-bond donors (Lipinski definition) is 1. The molecule has 1 amide bonds. The van der Waals surface area contributed by atoms with Crippen molar-refractivity contribution in [3.05, 3.63) is 54.4 Å². The summed E-state index contributed by atoms with van der Waals surface area (Å²) in [6.07, 6.45) is 2.79. The number of amides is 1. The number of anilines is 1. The highest BCUT2D eigenvalue weighted by Gasteiger charge is 2.26. The van der Waals surface area contributed by atoms with Crippen molar-refractivity contribution in [3.63, 3.8) is 0 Å². The van der Waals surface area contributed by atoms with Crippen molar-refractivity contribution in [2.45, 2.75) is 12.5 Å². The molecule has 2 aromatic heterocycles. The Hall–Kier alpha value is -3.09. The molecule has 1 aliphatic heterocycles. The van der Waals surface area contributed by atoms with Gasteiger partial charge in [-0.25, -0.2) is 0 Å². The first-order valence-electron chi connectivity index (χ1n) is 8.26. The van der Waals surface area contributed by atoms with Gasteiger partial charge in [-0.1, -0.05) is 35.5 Å². The lowest BCUT2D eigenvalue weighted by atomic mass is 10.1. The molecule has 1 fully saturated rings. The second-order valence-corrected chi connectivity index (χ2v) is 6.20. The zero-order valence-corrected chi connectivity index (χ0v) is 13.9. The van der Waals surface area contributed by atoms with Gasteiger partial charge in [0.05, 0.1) is 0 Å². The Balaban J connectivity index is 1.39. The zero-order chi connectivity index (χ0) is 17.2. The summed E-state index contributed by atoms with van der Waals surface area (Å²) in [6, 6.07) is 13.4. The molecule has 7 nitrogen and oxygen atoms in total. The van der Waals surface area contributed by atoms with Gasteiger partial charge in [0.15, 0.2) is 5.82 Å². The van der Waals surface area contributed by atoms with Gasteiger partial charge >= 0.3 is 0 Å². The molecule has 1 N–H and O–H groups in total. The molecular weight excluding hydrogens is 318 g/mol. The van der Waals surface area contributed by atoms with Crippen LogP contribution >= 0.6 is 0 Å². The minimum absolute atomic E-state index is 0.0692. The van der Waals surface area contributed by atoms with Crippen LogP contribution in [0.3, 0.4) is 0 Å². The molecule has 3 aromatic rings. The molecule has 1 atom stereocenters. The fourth-order valence-corrected chi connectivity index (χ4v) is 3.04. The van der Waals surface area contributed by atoms with Crippen molar-refractivity contribution in [1.82, 2.24) is 20.3 Å². The molecule has 0 bridgehead atoms. The van der Waals surface area contributed by atoms with E-state index in [2.05, 4.69) is 20.5 Å². The van der Waals surface area contributed by atoms with Crippen LogP contribution in [0.25, 0.3) is 11.3 Å². The topological polar surface area (TPSA) is 76.2 Å². The number of carbonyl (C=O) groups is 1. The van der Waals surface area contributed by atoms with E-state index in [9.17, 15) is 4.79 Å². The molecule has 1 saturated heterocycles. The number of benzene rings is 1. The van der Waals surface area contributed by atoms with Gasteiger partial charge in [0.1, 0.15) is 5.69 Å². The molecule has 25 heavy (non-hydrogen) atoms.